The van der Waals surface area contributed by atoms with Crippen molar-refractivity contribution >= 4 is 23.1 Å². The number of methoxy groups -OCH3 is 1. The van der Waals surface area contributed by atoms with Crippen molar-refractivity contribution in [3.63, 3.8) is 0 Å². The van der Waals surface area contributed by atoms with E-state index in [2.05, 4.69) is 6.07 Å². The van der Waals surface area contributed by atoms with E-state index in [-0.39, 0.29) is 40.0 Å². The molecule has 1 aromatic carbocycles. The maximum atomic E-state index is 4.89. The SMILES string of the molecule is COc1cc[c-]cc1.[Br-].[Mg+2]. The standard InChI is InChI=1S/C7H7O.BrH.Mg/c1-8-7-5-3-2-4-6-7;;/h3-6H,1H3;1H;/q-1;;+2/p-1. The molecule has 0 unspecified atom stereocenters. The van der Waals surface area contributed by atoms with Gasteiger partial charge in [-0.3, -0.25) is 0 Å². The molecule has 0 N–H and O–H groups in total. The smallest absolute Gasteiger partial charge is 1.00 e. The van der Waals surface area contributed by atoms with Gasteiger partial charge in [0.25, 0.3) is 0 Å². The van der Waals surface area contributed by atoms with Gasteiger partial charge in [0, 0.05) is 5.75 Å². The molecule has 0 saturated carbocycles. The quantitative estimate of drug-likeness (QED) is 0.390. The van der Waals surface area contributed by atoms with Gasteiger partial charge in [-0.05, 0) is 0 Å². The van der Waals surface area contributed by atoms with Gasteiger partial charge in [-0.25, -0.2) is 0 Å². The average molecular weight is 211 g/mol. The predicted molar refractivity (Wildman–Crippen MR) is 37.6 cm³/mol. The van der Waals surface area contributed by atoms with E-state index in [9.17, 15) is 0 Å². The normalized spacial score (nSPS) is 6.90. The third kappa shape index (κ3) is 4.14. The third-order valence-electron chi connectivity index (χ3n) is 0.923. The van der Waals surface area contributed by atoms with Crippen LogP contribution < -0.4 is 21.7 Å². The third-order valence-corrected chi connectivity index (χ3v) is 0.923. The van der Waals surface area contributed by atoms with Crippen LogP contribution in [0.2, 0.25) is 0 Å². The van der Waals surface area contributed by atoms with E-state index in [1.807, 2.05) is 24.3 Å². The van der Waals surface area contributed by atoms with Crippen LogP contribution in [0, 0.1) is 6.07 Å². The van der Waals surface area contributed by atoms with Gasteiger partial charge in [-0.15, -0.1) is 12.1 Å². The molecule has 0 saturated heterocycles. The van der Waals surface area contributed by atoms with Gasteiger partial charge in [0.05, 0.1) is 7.11 Å². The zero-order valence-corrected chi connectivity index (χ0v) is 8.80. The Hall–Kier alpha value is 0.266. The van der Waals surface area contributed by atoms with Crippen molar-refractivity contribution in [1.82, 2.24) is 0 Å². The molecule has 0 aliphatic rings. The monoisotopic (exact) mass is 210 g/mol. The molecule has 1 nitrogen and oxygen atoms in total. The summed E-state index contributed by atoms with van der Waals surface area (Å²) in [7, 11) is 1.65. The first-order valence-corrected chi connectivity index (χ1v) is 2.43. The number of ether oxygens (including phenoxy) is 1. The molecule has 10 heavy (non-hydrogen) atoms. The molecule has 0 spiro atoms. The van der Waals surface area contributed by atoms with Crippen LogP contribution in [-0.4, -0.2) is 30.2 Å². The number of halogens is 1. The Kier molecular flexibility index (Phi) is 9.51. The Bertz CT molecular complexity index is 155. The first-order chi connectivity index (χ1) is 3.93. The Balaban J connectivity index is 0. The predicted octanol–water partition coefficient (Wildman–Crippen LogP) is -1.88. The molecule has 0 radical (unpaired) electrons. The van der Waals surface area contributed by atoms with Crippen molar-refractivity contribution in [2.75, 3.05) is 7.11 Å². The zero-order valence-electron chi connectivity index (χ0n) is 5.80. The summed E-state index contributed by atoms with van der Waals surface area (Å²) in [6.45, 7) is 0. The summed E-state index contributed by atoms with van der Waals surface area (Å²) < 4.78 is 4.89. The first-order valence-electron chi connectivity index (χ1n) is 2.43. The molecule has 0 aliphatic heterocycles. The van der Waals surface area contributed by atoms with Crippen LogP contribution in [0.4, 0.5) is 0 Å². The minimum Gasteiger partial charge on any atom is -1.00 e. The van der Waals surface area contributed by atoms with Gasteiger partial charge >= 0.3 is 23.1 Å². The molecular weight excluding hydrogens is 204 g/mol. The van der Waals surface area contributed by atoms with Gasteiger partial charge in [0.1, 0.15) is 0 Å². The Morgan fingerprint density at radius 3 is 2.10 bits per heavy atom. The molecule has 0 heterocycles. The molecule has 0 fully saturated rings. The van der Waals surface area contributed by atoms with Gasteiger partial charge in [-0.2, -0.15) is 18.2 Å². The molecule has 0 bridgehead atoms. The van der Waals surface area contributed by atoms with Crippen molar-refractivity contribution in [1.29, 1.82) is 0 Å². The summed E-state index contributed by atoms with van der Waals surface area (Å²) in [4.78, 5) is 0. The van der Waals surface area contributed by atoms with Gasteiger partial charge in [-0.1, -0.05) is 0 Å². The summed E-state index contributed by atoms with van der Waals surface area (Å²) >= 11 is 0. The molecule has 0 aliphatic carbocycles. The first kappa shape index (κ1) is 12.9. The van der Waals surface area contributed by atoms with Crippen LogP contribution in [0.1, 0.15) is 0 Å². The molecule has 50 valence electrons. The van der Waals surface area contributed by atoms with Crippen LogP contribution in [0.5, 0.6) is 5.75 Å². The topological polar surface area (TPSA) is 9.23 Å². The summed E-state index contributed by atoms with van der Waals surface area (Å²) in [6.07, 6.45) is 0. The van der Waals surface area contributed by atoms with Crippen LogP contribution in [0.15, 0.2) is 24.3 Å². The second kappa shape index (κ2) is 7.37. The van der Waals surface area contributed by atoms with Crippen molar-refractivity contribution < 1.29 is 21.7 Å². The average Bonchev–Trinajstić information content (AvgIpc) is 1.90. The van der Waals surface area contributed by atoms with Gasteiger partial charge in [0.2, 0.25) is 0 Å². The maximum Gasteiger partial charge on any atom is 2.00 e. The minimum absolute atomic E-state index is 0. The van der Waals surface area contributed by atoms with Crippen LogP contribution in [-0.2, 0) is 0 Å². The van der Waals surface area contributed by atoms with Crippen molar-refractivity contribution in [3.8, 4) is 5.75 Å². The van der Waals surface area contributed by atoms with Crippen LogP contribution in [0.3, 0.4) is 0 Å². The molecule has 3 heteroatoms. The van der Waals surface area contributed by atoms with Gasteiger partial charge < -0.3 is 21.7 Å². The van der Waals surface area contributed by atoms with Crippen LogP contribution >= 0.6 is 0 Å². The fourth-order valence-corrected chi connectivity index (χ4v) is 0.508. The fourth-order valence-electron chi connectivity index (χ4n) is 0.508. The summed E-state index contributed by atoms with van der Waals surface area (Å²) in [6, 6.07) is 10.2. The largest absolute Gasteiger partial charge is 2.00 e. The number of hydrogen-bond donors (Lipinski definition) is 0. The molecule has 1 aromatic rings. The number of rotatable bonds is 1. The van der Waals surface area contributed by atoms with Crippen molar-refractivity contribution in [3.05, 3.63) is 30.3 Å². The molecule has 0 aromatic heterocycles. The van der Waals surface area contributed by atoms with Crippen molar-refractivity contribution in [2.24, 2.45) is 0 Å². The van der Waals surface area contributed by atoms with E-state index in [1.165, 1.54) is 0 Å². The summed E-state index contributed by atoms with van der Waals surface area (Å²) in [5.74, 6) is 0.878. The summed E-state index contributed by atoms with van der Waals surface area (Å²) in [5.41, 5.74) is 0. The zero-order chi connectivity index (χ0) is 5.82. The van der Waals surface area contributed by atoms with E-state index in [1.54, 1.807) is 7.11 Å². The Morgan fingerprint density at radius 1 is 1.30 bits per heavy atom. The Labute approximate surface area is 87.7 Å². The number of hydrogen-bond acceptors (Lipinski definition) is 1. The van der Waals surface area contributed by atoms with E-state index in [0.29, 0.717) is 0 Å². The van der Waals surface area contributed by atoms with E-state index >= 15 is 0 Å². The molecular formula is C7H7BrMgO. The molecule has 0 amide bonds. The summed E-state index contributed by atoms with van der Waals surface area (Å²) in [5, 5.41) is 0. The second-order valence-electron chi connectivity index (χ2n) is 1.44. The minimum atomic E-state index is 0. The maximum absolute atomic E-state index is 4.89. The van der Waals surface area contributed by atoms with Crippen LogP contribution in [0.25, 0.3) is 0 Å². The molecule has 1 rings (SSSR count). The van der Waals surface area contributed by atoms with Gasteiger partial charge in [0.15, 0.2) is 0 Å². The van der Waals surface area contributed by atoms with E-state index < -0.39 is 0 Å². The number of benzene rings is 1. The van der Waals surface area contributed by atoms with E-state index in [0.717, 1.165) is 5.75 Å². The molecule has 0 atom stereocenters. The second-order valence-corrected chi connectivity index (χ2v) is 1.44. The van der Waals surface area contributed by atoms with Crippen molar-refractivity contribution in [2.45, 2.75) is 0 Å². The fraction of sp³-hybridized carbons (Fsp3) is 0.143. The Morgan fingerprint density at radius 2 is 1.80 bits per heavy atom. The van der Waals surface area contributed by atoms with E-state index in [4.69, 9.17) is 4.74 Å².